The van der Waals surface area contributed by atoms with E-state index in [2.05, 4.69) is 20.8 Å². The average Bonchev–Trinajstić information content (AvgIpc) is 2.82. The van der Waals surface area contributed by atoms with Gasteiger partial charge in [-0.2, -0.15) is 0 Å². The van der Waals surface area contributed by atoms with E-state index in [9.17, 15) is 0 Å². The summed E-state index contributed by atoms with van der Waals surface area (Å²) in [5.74, 6) is 1.74. The number of nitrogens with one attached hydrogen (secondary N) is 1. The molecule has 108 valence electrons. The molecule has 0 amide bonds. The number of aryl methyl sites for hydroxylation is 1. The van der Waals surface area contributed by atoms with E-state index < -0.39 is 0 Å². The van der Waals surface area contributed by atoms with Gasteiger partial charge in [-0.25, -0.2) is 4.68 Å². The number of tetrazole rings is 1. The van der Waals surface area contributed by atoms with E-state index in [1.54, 1.807) is 18.8 Å². The Bertz CT molecular complexity index is 587. The highest BCUT2D eigenvalue weighted by molar-refractivity contribution is 6.32. The van der Waals surface area contributed by atoms with E-state index >= 15 is 0 Å². The van der Waals surface area contributed by atoms with E-state index in [0.717, 1.165) is 5.56 Å². The molecule has 1 aromatic heterocycles. The van der Waals surface area contributed by atoms with Crippen molar-refractivity contribution in [3.63, 3.8) is 0 Å². The molecule has 1 aromatic carbocycles. The Kier molecular flexibility index (Phi) is 4.62. The topological polar surface area (TPSA) is 74.1 Å². The van der Waals surface area contributed by atoms with Crippen molar-refractivity contribution in [2.75, 3.05) is 19.0 Å². The second-order valence-corrected chi connectivity index (χ2v) is 4.43. The zero-order chi connectivity index (χ0) is 14.5. The summed E-state index contributed by atoms with van der Waals surface area (Å²) in [6, 6.07) is 3.70. The Morgan fingerprint density at radius 1 is 1.40 bits per heavy atom. The Morgan fingerprint density at radius 2 is 2.20 bits per heavy atom. The Balaban J connectivity index is 2.17. The molecular formula is C12H16ClN5O2. The molecule has 0 spiro atoms. The average molecular weight is 298 g/mol. The summed E-state index contributed by atoms with van der Waals surface area (Å²) in [7, 11) is 3.32. The van der Waals surface area contributed by atoms with E-state index in [1.807, 2.05) is 19.1 Å². The van der Waals surface area contributed by atoms with Gasteiger partial charge in [0.25, 0.3) is 0 Å². The number of rotatable bonds is 6. The largest absolute Gasteiger partial charge is 0.491 e. The minimum absolute atomic E-state index is 0.506. The van der Waals surface area contributed by atoms with Crippen LogP contribution in [0.5, 0.6) is 11.5 Å². The van der Waals surface area contributed by atoms with Crippen LogP contribution in [0.15, 0.2) is 12.1 Å². The van der Waals surface area contributed by atoms with Crippen molar-refractivity contribution in [1.82, 2.24) is 20.2 Å². The third-order valence-corrected chi connectivity index (χ3v) is 2.92. The molecule has 0 fully saturated rings. The van der Waals surface area contributed by atoms with Crippen LogP contribution in [0.1, 0.15) is 12.5 Å². The molecule has 20 heavy (non-hydrogen) atoms. The van der Waals surface area contributed by atoms with Crippen LogP contribution in [0, 0.1) is 0 Å². The SMILES string of the molecule is CCOc1cc(CNc2nnnn2C)cc(Cl)c1OC. The van der Waals surface area contributed by atoms with Crippen molar-refractivity contribution >= 4 is 17.5 Å². The van der Waals surface area contributed by atoms with Gasteiger partial charge in [0.05, 0.1) is 18.7 Å². The van der Waals surface area contributed by atoms with Gasteiger partial charge in [0, 0.05) is 13.6 Å². The normalized spacial score (nSPS) is 10.4. The lowest BCUT2D eigenvalue weighted by Gasteiger charge is -2.13. The molecule has 7 nitrogen and oxygen atoms in total. The van der Waals surface area contributed by atoms with Crippen LogP contribution in [-0.2, 0) is 13.6 Å². The van der Waals surface area contributed by atoms with Gasteiger partial charge in [0.2, 0.25) is 5.95 Å². The zero-order valence-corrected chi connectivity index (χ0v) is 12.3. The van der Waals surface area contributed by atoms with E-state index in [0.29, 0.717) is 35.6 Å². The molecule has 2 rings (SSSR count). The predicted octanol–water partition coefficient (Wildman–Crippen LogP) is 1.88. The maximum absolute atomic E-state index is 6.18. The summed E-state index contributed by atoms with van der Waals surface area (Å²) in [5, 5.41) is 14.8. The second-order valence-electron chi connectivity index (χ2n) is 4.02. The first-order valence-corrected chi connectivity index (χ1v) is 6.49. The van der Waals surface area contributed by atoms with Crippen LogP contribution in [0.2, 0.25) is 5.02 Å². The lowest BCUT2D eigenvalue weighted by molar-refractivity contribution is 0.310. The van der Waals surface area contributed by atoms with Crippen LogP contribution < -0.4 is 14.8 Å². The monoisotopic (exact) mass is 297 g/mol. The van der Waals surface area contributed by atoms with Gasteiger partial charge >= 0.3 is 0 Å². The molecule has 1 heterocycles. The fraction of sp³-hybridized carbons (Fsp3) is 0.417. The highest BCUT2D eigenvalue weighted by Crippen LogP contribution is 2.36. The first-order chi connectivity index (χ1) is 9.65. The van der Waals surface area contributed by atoms with Gasteiger partial charge in [-0.05, 0) is 35.0 Å². The molecule has 0 unspecified atom stereocenters. The van der Waals surface area contributed by atoms with Gasteiger partial charge in [-0.1, -0.05) is 16.7 Å². The molecule has 0 aliphatic carbocycles. The lowest BCUT2D eigenvalue weighted by atomic mass is 10.2. The number of benzene rings is 1. The third-order valence-electron chi connectivity index (χ3n) is 2.64. The van der Waals surface area contributed by atoms with Crippen LogP contribution >= 0.6 is 11.6 Å². The molecule has 0 radical (unpaired) electrons. The number of ether oxygens (including phenoxy) is 2. The van der Waals surface area contributed by atoms with Gasteiger partial charge in [0.15, 0.2) is 11.5 Å². The first kappa shape index (κ1) is 14.4. The van der Waals surface area contributed by atoms with Gasteiger partial charge < -0.3 is 14.8 Å². The van der Waals surface area contributed by atoms with Crippen molar-refractivity contribution in [2.24, 2.45) is 7.05 Å². The maximum atomic E-state index is 6.18. The summed E-state index contributed by atoms with van der Waals surface area (Å²) in [6.45, 7) is 2.97. The van der Waals surface area contributed by atoms with Crippen LogP contribution in [-0.4, -0.2) is 33.9 Å². The summed E-state index contributed by atoms with van der Waals surface area (Å²) >= 11 is 6.18. The quantitative estimate of drug-likeness (QED) is 0.877. The maximum Gasteiger partial charge on any atom is 0.242 e. The summed E-state index contributed by atoms with van der Waals surface area (Å²) in [4.78, 5) is 0. The fourth-order valence-electron chi connectivity index (χ4n) is 1.74. The minimum atomic E-state index is 0.506. The molecule has 0 saturated heterocycles. The summed E-state index contributed by atoms with van der Waals surface area (Å²) < 4.78 is 12.3. The molecule has 8 heteroatoms. The zero-order valence-electron chi connectivity index (χ0n) is 11.6. The molecule has 2 aromatic rings. The Labute approximate surface area is 121 Å². The first-order valence-electron chi connectivity index (χ1n) is 6.11. The van der Waals surface area contributed by atoms with Crippen molar-refractivity contribution in [3.05, 3.63) is 22.7 Å². The van der Waals surface area contributed by atoms with Gasteiger partial charge in [0.1, 0.15) is 0 Å². The Hall–Kier alpha value is -2.02. The van der Waals surface area contributed by atoms with Crippen LogP contribution in [0.4, 0.5) is 5.95 Å². The number of hydrogen-bond acceptors (Lipinski definition) is 6. The number of halogens is 1. The highest BCUT2D eigenvalue weighted by atomic mass is 35.5. The van der Waals surface area contributed by atoms with Crippen LogP contribution in [0.25, 0.3) is 0 Å². The molecule has 0 atom stereocenters. The van der Waals surface area contributed by atoms with E-state index in [-0.39, 0.29) is 0 Å². The minimum Gasteiger partial charge on any atom is -0.491 e. The number of nitrogens with zero attached hydrogens (tertiary/aromatic N) is 4. The molecule has 0 aliphatic heterocycles. The molecule has 1 N–H and O–H groups in total. The van der Waals surface area contributed by atoms with Gasteiger partial charge in [-0.3, -0.25) is 0 Å². The number of aromatic nitrogens is 4. The highest BCUT2D eigenvalue weighted by Gasteiger charge is 2.12. The van der Waals surface area contributed by atoms with Crippen LogP contribution in [0.3, 0.4) is 0 Å². The third kappa shape index (κ3) is 3.11. The smallest absolute Gasteiger partial charge is 0.242 e. The summed E-state index contributed by atoms with van der Waals surface area (Å²) in [6.07, 6.45) is 0. The second kappa shape index (κ2) is 6.42. The fourth-order valence-corrected chi connectivity index (χ4v) is 2.06. The standard InChI is InChI=1S/C12H16ClN5O2/c1-4-20-10-6-8(5-9(13)11(10)19-3)7-14-12-15-16-17-18(12)2/h5-6H,4,7H2,1-3H3,(H,14,15,17). The van der Waals surface area contributed by atoms with E-state index in [1.165, 1.54) is 0 Å². The molecular weight excluding hydrogens is 282 g/mol. The lowest BCUT2D eigenvalue weighted by Crippen LogP contribution is -2.06. The van der Waals surface area contributed by atoms with E-state index in [4.69, 9.17) is 21.1 Å². The van der Waals surface area contributed by atoms with Crippen molar-refractivity contribution in [3.8, 4) is 11.5 Å². The predicted molar refractivity (Wildman–Crippen MR) is 75.3 cm³/mol. The number of hydrogen-bond donors (Lipinski definition) is 1. The van der Waals surface area contributed by atoms with Gasteiger partial charge in [-0.15, -0.1) is 0 Å². The Morgan fingerprint density at radius 3 is 2.80 bits per heavy atom. The molecule has 0 aliphatic rings. The van der Waals surface area contributed by atoms with Crippen molar-refractivity contribution in [1.29, 1.82) is 0 Å². The summed E-state index contributed by atoms with van der Waals surface area (Å²) in [5.41, 5.74) is 0.947. The number of methoxy groups -OCH3 is 1. The molecule has 0 bridgehead atoms. The van der Waals surface area contributed by atoms with Crippen molar-refractivity contribution < 1.29 is 9.47 Å². The number of anilines is 1. The van der Waals surface area contributed by atoms with Crippen molar-refractivity contribution in [2.45, 2.75) is 13.5 Å². The molecule has 0 saturated carbocycles.